The van der Waals surface area contributed by atoms with E-state index in [-0.39, 0.29) is 17.6 Å². The number of benzene rings is 1. The summed E-state index contributed by atoms with van der Waals surface area (Å²) in [6, 6.07) is 5.08. The average Bonchev–Trinajstić information content (AvgIpc) is 3.48. The molecular weight excluding hydrogens is 589 g/mol. The number of sulfonamides is 1. The number of hydrogen-bond acceptors (Lipinski definition) is 10. The van der Waals surface area contributed by atoms with E-state index in [9.17, 15) is 8.42 Å². The third-order valence-electron chi connectivity index (χ3n) is 5.62. The van der Waals surface area contributed by atoms with Gasteiger partial charge in [0.25, 0.3) is 0 Å². The van der Waals surface area contributed by atoms with Gasteiger partial charge in [-0.3, -0.25) is 9.29 Å². The smallest absolute Gasteiger partial charge is 0.243 e. The summed E-state index contributed by atoms with van der Waals surface area (Å²) in [5.74, 6) is 0.484. The van der Waals surface area contributed by atoms with Crippen molar-refractivity contribution in [3.8, 4) is 28.0 Å². The first-order chi connectivity index (χ1) is 17.5. The highest BCUT2D eigenvalue weighted by molar-refractivity contribution is 9.10. The Morgan fingerprint density at radius 2 is 1.78 bits per heavy atom. The topological polar surface area (TPSA) is 134 Å². The zero-order valence-electron chi connectivity index (χ0n) is 20.4. The molecule has 1 N–H and O–H groups in total. The van der Waals surface area contributed by atoms with Crippen LogP contribution in [0.4, 0.5) is 10.3 Å². The van der Waals surface area contributed by atoms with Gasteiger partial charge in [-0.1, -0.05) is 6.07 Å². The fraction of sp³-hybridized carbons (Fsp3) is 0.318. The largest absolute Gasteiger partial charge is 0.494 e. The molecule has 3 aromatic heterocycles. The van der Waals surface area contributed by atoms with Gasteiger partial charge in [-0.15, -0.1) is 21.5 Å². The van der Waals surface area contributed by atoms with Gasteiger partial charge < -0.3 is 9.47 Å². The molecule has 0 aliphatic rings. The van der Waals surface area contributed by atoms with Crippen LogP contribution in [0.25, 0.3) is 16.5 Å². The van der Waals surface area contributed by atoms with Crippen molar-refractivity contribution in [2.24, 2.45) is 0 Å². The summed E-state index contributed by atoms with van der Waals surface area (Å²) in [6.07, 6.45) is 2.69. The van der Waals surface area contributed by atoms with Crippen molar-refractivity contribution >= 4 is 43.2 Å². The number of halogens is 2. The van der Waals surface area contributed by atoms with E-state index in [2.05, 4.69) is 45.8 Å². The Morgan fingerprint density at radius 3 is 2.32 bits per heavy atom. The summed E-state index contributed by atoms with van der Waals surface area (Å²) >= 11 is 4.49. The number of methoxy groups -OCH3 is 2. The number of anilines is 1. The minimum absolute atomic E-state index is 0.204. The number of aryl methyl sites for hydroxylation is 1. The highest BCUT2D eigenvalue weighted by Gasteiger charge is 2.45. The maximum atomic E-state index is 15.8. The van der Waals surface area contributed by atoms with Crippen LogP contribution in [0.1, 0.15) is 25.4 Å². The number of ether oxygens (including phenoxy) is 2. The second-order valence-corrected chi connectivity index (χ2v) is 11.9. The van der Waals surface area contributed by atoms with E-state index < -0.39 is 20.9 Å². The lowest BCUT2D eigenvalue weighted by Gasteiger charge is -2.26. The zero-order valence-corrected chi connectivity index (χ0v) is 23.6. The van der Waals surface area contributed by atoms with Gasteiger partial charge in [0, 0.05) is 23.5 Å². The molecule has 0 spiro atoms. The predicted molar refractivity (Wildman–Crippen MR) is 141 cm³/mol. The zero-order chi connectivity index (χ0) is 27.0. The molecule has 0 radical (unpaired) electrons. The lowest BCUT2D eigenvalue weighted by atomic mass is 10.0. The Balaban J connectivity index is 1.84. The monoisotopic (exact) mass is 611 g/mol. The first-order valence-electron chi connectivity index (χ1n) is 10.8. The Kier molecular flexibility index (Phi) is 7.48. The van der Waals surface area contributed by atoms with Gasteiger partial charge in [0.2, 0.25) is 16.0 Å². The minimum Gasteiger partial charge on any atom is -0.494 e. The quantitative estimate of drug-likeness (QED) is 0.294. The summed E-state index contributed by atoms with van der Waals surface area (Å²) < 4.78 is 58.2. The summed E-state index contributed by atoms with van der Waals surface area (Å²) in [6.45, 7) is 4.16. The van der Waals surface area contributed by atoms with E-state index in [1.54, 1.807) is 18.2 Å². The Bertz CT molecular complexity index is 1500. The fourth-order valence-corrected chi connectivity index (χ4v) is 5.69. The molecule has 37 heavy (non-hydrogen) atoms. The number of nitrogens with zero attached hydrogens (tertiary/aromatic N) is 6. The van der Waals surface area contributed by atoms with E-state index in [0.717, 1.165) is 12.6 Å². The molecule has 0 aliphatic carbocycles. The van der Waals surface area contributed by atoms with Crippen LogP contribution in [0.2, 0.25) is 0 Å². The third kappa shape index (κ3) is 5.15. The molecule has 0 amide bonds. The second kappa shape index (κ2) is 10.3. The molecule has 0 saturated heterocycles. The number of rotatable bonds is 9. The molecule has 0 fully saturated rings. The van der Waals surface area contributed by atoms with E-state index in [0.29, 0.717) is 26.7 Å². The number of para-hydroxylation sites is 1. The molecule has 196 valence electrons. The lowest BCUT2D eigenvalue weighted by molar-refractivity contribution is 0.175. The summed E-state index contributed by atoms with van der Waals surface area (Å²) in [5, 5.41) is 8.97. The van der Waals surface area contributed by atoms with Crippen molar-refractivity contribution in [2.75, 3.05) is 18.9 Å². The average molecular weight is 613 g/mol. The van der Waals surface area contributed by atoms with E-state index >= 15 is 4.39 Å². The highest BCUT2D eigenvalue weighted by Crippen LogP contribution is 2.39. The molecule has 2 atom stereocenters. The first kappa shape index (κ1) is 26.9. The number of hydrogen-bond donors (Lipinski definition) is 1. The van der Waals surface area contributed by atoms with Crippen LogP contribution >= 0.6 is 27.3 Å². The molecule has 15 heteroatoms. The molecule has 3 heterocycles. The highest BCUT2D eigenvalue weighted by atomic mass is 79.9. The van der Waals surface area contributed by atoms with Crippen LogP contribution in [-0.4, -0.2) is 57.6 Å². The van der Waals surface area contributed by atoms with Crippen molar-refractivity contribution < 1.29 is 22.3 Å². The number of aromatic nitrogens is 6. The van der Waals surface area contributed by atoms with Crippen molar-refractivity contribution in [1.29, 1.82) is 0 Å². The Morgan fingerprint density at radius 1 is 1.16 bits per heavy atom. The molecule has 0 unspecified atom stereocenters. The number of alkyl halides is 1. The van der Waals surface area contributed by atoms with Crippen LogP contribution < -0.4 is 14.2 Å². The normalized spacial score (nSPS) is 14.1. The van der Waals surface area contributed by atoms with E-state index in [4.69, 9.17) is 9.47 Å². The maximum Gasteiger partial charge on any atom is 0.243 e. The summed E-state index contributed by atoms with van der Waals surface area (Å²) in [7, 11) is -1.47. The number of thiazole rings is 1. The standard InChI is InChI=1S/C22H23BrFN7O4S2/c1-12-11-36-19(27-12)18-28-29-21(31(18)17-15(34-4)7-6-8-16(17)35-5)30-37(32,33)13(2)22(3,24)20-25-9-14(23)10-26-20/h6-11,13H,1-5H3,(H,29,30)/t13-,22+/m0/s1. The molecule has 1 aromatic carbocycles. The molecule has 0 saturated carbocycles. The van der Waals surface area contributed by atoms with Gasteiger partial charge >= 0.3 is 0 Å². The molecule has 0 bridgehead atoms. The van der Waals surface area contributed by atoms with Gasteiger partial charge in [-0.05, 0) is 48.8 Å². The van der Waals surface area contributed by atoms with Crippen LogP contribution in [0, 0.1) is 6.92 Å². The Labute approximate surface area is 225 Å². The van der Waals surface area contributed by atoms with Crippen molar-refractivity contribution in [3.63, 3.8) is 0 Å². The van der Waals surface area contributed by atoms with Crippen molar-refractivity contribution in [3.05, 3.63) is 52.0 Å². The SMILES string of the molecule is COc1cccc(OC)c1-n1c(NS(=O)(=O)[C@@H](C)[C@@](C)(F)c2ncc(Br)cn2)nnc1-c1nc(C)cs1. The van der Waals surface area contributed by atoms with Gasteiger partial charge in [0.05, 0.1) is 18.7 Å². The van der Waals surface area contributed by atoms with Gasteiger partial charge in [0.1, 0.15) is 22.4 Å². The second-order valence-electron chi connectivity index (χ2n) is 8.08. The first-order valence-corrected chi connectivity index (χ1v) is 14.0. The molecule has 0 aliphatic heterocycles. The molecular formula is C22H23BrFN7O4S2. The minimum atomic E-state index is -4.40. The Hall–Kier alpha value is -3.17. The summed E-state index contributed by atoms with van der Waals surface area (Å²) in [4.78, 5) is 12.4. The van der Waals surface area contributed by atoms with Crippen LogP contribution in [-0.2, 0) is 15.7 Å². The molecule has 4 aromatic rings. The van der Waals surface area contributed by atoms with Crippen molar-refractivity contribution in [2.45, 2.75) is 31.7 Å². The van der Waals surface area contributed by atoms with E-state index in [1.807, 2.05) is 12.3 Å². The van der Waals surface area contributed by atoms with Crippen molar-refractivity contribution in [1.82, 2.24) is 29.7 Å². The fourth-order valence-electron chi connectivity index (χ4n) is 3.46. The predicted octanol–water partition coefficient (Wildman–Crippen LogP) is 4.28. The summed E-state index contributed by atoms with van der Waals surface area (Å²) in [5.41, 5.74) is -1.35. The maximum absolute atomic E-state index is 15.8. The molecule has 4 rings (SSSR count). The van der Waals surface area contributed by atoms with Crippen LogP contribution in [0.3, 0.4) is 0 Å². The van der Waals surface area contributed by atoms with Crippen LogP contribution in [0.5, 0.6) is 11.5 Å². The van der Waals surface area contributed by atoms with Crippen LogP contribution in [0.15, 0.2) is 40.4 Å². The third-order valence-corrected chi connectivity index (χ3v) is 8.82. The lowest BCUT2D eigenvalue weighted by Crippen LogP contribution is -2.41. The van der Waals surface area contributed by atoms with Gasteiger partial charge in [0.15, 0.2) is 22.3 Å². The van der Waals surface area contributed by atoms with Gasteiger partial charge in [-0.25, -0.2) is 27.8 Å². The molecule has 11 nitrogen and oxygen atoms in total. The van der Waals surface area contributed by atoms with E-state index in [1.165, 1.54) is 49.4 Å². The number of nitrogens with one attached hydrogen (secondary N) is 1. The van der Waals surface area contributed by atoms with Gasteiger partial charge in [-0.2, -0.15) is 0 Å².